The highest BCUT2D eigenvalue weighted by Crippen LogP contribution is 2.40. The lowest BCUT2D eigenvalue weighted by Gasteiger charge is -2.33. The number of aromatic nitrogens is 5. The van der Waals surface area contributed by atoms with Gasteiger partial charge in [0.15, 0.2) is 17.3 Å². The number of pyridine rings is 2. The molecule has 1 aliphatic heterocycles. The number of hydrogen-bond donors (Lipinski definition) is 1. The first-order valence-corrected chi connectivity index (χ1v) is 10.8. The summed E-state index contributed by atoms with van der Waals surface area (Å²) in [6.07, 6.45) is 5.32. The van der Waals surface area contributed by atoms with Crippen LogP contribution in [-0.4, -0.2) is 62.7 Å². The average Bonchev–Trinajstić information content (AvgIpc) is 3.37. The predicted octanol–water partition coefficient (Wildman–Crippen LogP) is 3.90. The van der Waals surface area contributed by atoms with Crippen molar-refractivity contribution in [3.63, 3.8) is 0 Å². The lowest BCUT2D eigenvalue weighted by molar-refractivity contribution is 0.311. The predicted molar refractivity (Wildman–Crippen MR) is 121 cm³/mol. The smallest absolute Gasteiger partial charge is 0.175 e. The Labute approximate surface area is 180 Å². The van der Waals surface area contributed by atoms with Gasteiger partial charge in [-0.2, -0.15) is 5.10 Å². The van der Waals surface area contributed by atoms with Crippen LogP contribution in [0.5, 0.6) is 0 Å². The second kappa shape index (κ2) is 7.30. The summed E-state index contributed by atoms with van der Waals surface area (Å²) in [5.41, 5.74) is 6.67. The zero-order chi connectivity index (χ0) is 21.9. The Kier molecular flexibility index (Phi) is 4.69. The molecule has 0 atom stereocenters. The molecule has 5 heterocycles. The maximum absolute atomic E-state index is 15.9. The summed E-state index contributed by atoms with van der Waals surface area (Å²) in [4.78, 5) is 16.7. The minimum atomic E-state index is -0.232. The van der Waals surface area contributed by atoms with Crippen LogP contribution in [0.1, 0.15) is 36.5 Å². The second-order valence-electron chi connectivity index (χ2n) is 8.86. The van der Waals surface area contributed by atoms with Crippen molar-refractivity contribution in [3.05, 3.63) is 41.2 Å². The van der Waals surface area contributed by atoms with Gasteiger partial charge in [0.05, 0.1) is 17.4 Å². The second-order valence-corrected chi connectivity index (χ2v) is 8.86. The molecule has 0 unspecified atom stereocenters. The van der Waals surface area contributed by atoms with Gasteiger partial charge in [0.25, 0.3) is 0 Å². The molecule has 0 aromatic carbocycles. The number of halogens is 1. The van der Waals surface area contributed by atoms with Crippen molar-refractivity contribution in [1.82, 2.24) is 29.5 Å². The number of aromatic amines is 1. The molecule has 0 saturated carbocycles. The number of hydrogen-bond acceptors (Lipinski definition) is 5. The van der Waals surface area contributed by atoms with Crippen LogP contribution >= 0.6 is 0 Å². The van der Waals surface area contributed by atoms with Crippen LogP contribution in [0.15, 0.2) is 18.7 Å². The first-order valence-electron chi connectivity index (χ1n) is 10.8. The molecule has 7 nitrogen and oxygen atoms in total. The molecule has 1 N–H and O–H groups in total. The maximum Gasteiger partial charge on any atom is 0.175 e. The molecule has 5 rings (SSSR count). The number of aryl methyl sites for hydroxylation is 1. The fourth-order valence-electron chi connectivity index (χ4n) is 4.64. The molecule has 1 fully saturated rings. The van der Waals surface area contributed by atoms with E-state index in [4.69, 9.17) is 0 Å². The van der Waals surface area contributed by atoms with E-state index in [9.17, 15) is 0 Å². The molecule has 0 bridgehead atoms. The summed E-state index contributed by atoms with van der Waals surface area (Å²) < 4.78 is 17.7. The van der Waals surface area contributed by atoms with Crippen molar-refractivity contribution >= 4 is 22.4 Å². The van der Waals surface area contributed by atoms with E-state index in [2.05, 4.69) is 57.7 Å². The third-order valence-corrected chi connectivity index (χ3v) is 6.58. The summed E-state index contributed by atoms with van der Waals surface area (Å²) in [6, 6.07) is 0. The molecule has 8 heteroatoms. The first-order chi connectivity index (χ1) is 14.9. The van der Waals surface area contributed by atoms with Crippen LogP contribution in [0.25, 0.3) is 27.8 Å². The number of nitrogens with zero attached hydrogens (tertiary/aromatic N) is 6. The molecule has 0 radical (unpaired) electrons. The van der Waals surface area contributed by atoms with E-state index in [0.29, 0.717) is 11.2 Å². The Morgan fingerprint density at radius 1 is 1.06 bits per heavy atom. The Bertz CT molecular complexity index is 1280. The molecule has 0 amide bonds. The monoisotopic (exact) mass is 421 g/mol. The lowest BCUT2D eigenvalue weighted by Crippen LogP contribution is -2.45. The number of anilines is 1. The van der Waals surface area contributed by atoms with Gasteiger partial charge in [-0.3, -0.25) is 0 Å². The van der Waals surface area contributed by atoms with Gasteiger partial charge in [0, 0.05) is 43.3 Å². The molecule has 0 spiro atoms. The minimum absolute atomic E-state index is 0.132. The zero-order valence-corrected chi connectivity index (χ0v) is 18.7. The van der Waals surface area contributed by atoms with Gasteiger partial charge in [0.2, 0.25) is 0 Å². The van der Waals surface area contributed by atoms with E-state index < -0.39 is 0 Å². The largest absolute Gasteiger partial charge is 0.353 e. The van der Waals surface area contributed by atoms with Gasteiger partial charge in [-0.25, -0.2) is 18.9 Å². The van der Waals surface area contributed by atoms with Crippen molar-refractivity contribution in [2.24, 2.45) is 0 Å². The molecule has 4 aromatic heterocycles. The summed E-state index contributed by atoms with van der Waals surface area (Å²) in [5, 5.41) is 4.97. The number of H-pyrrole nitrogens is 1. The molecule has 4 aromatic rings. The van der Waals surface area contributed by atoms with Crippen LogP contribution in [0.2, 0.25) is 0 Å². The molecule has 1 saturated heterocycles. The zero-order valence-electron chi connectivity index (χ0n) is 18.7. The van der Waals surface area contributed by atoms with Crippen LogP contribution in [0, 0.1) is 19.7 Å². The number of piperazine rings is 1. The van der Waals surface area contributed by atoms with Gasteiger partial charge in [-0.05, 0) is 43.5 Å². The van der Waals surface area contributed by atoms with Crippen molar-refractivity contribution in [2.75, 3.05) is 38.1 Å². The van der Waals surface area contributed by atoms with E-state index in [1.807, 2.05) is 13.1 Å². The summed E-state index contributed by atoms with van der Waals surface area (Å²) in [5.74, 6) is 0.351. The van der Waals surface area contributed by atoms with Crippen LogP contribution in [0.3, 0.4) is 0 Å². The summed E-state index contributed by atoms with van der Waals surface area (Å²) >= 11 is 0. The molecule has 162 valence electrons. The van der Waals surface area contributed by atoms with Crippen LogP contribution < -0.4 is 4.90 Å². The van der Waals surface area contributed by atoms with Crippen molar-refractivity contribution < 1.29 is 4.39 Å². The van der Waals surface area contributed by atoms with E-state index in [0.717, 1.165) is 65.3 Å². The Balaban J connectivity index is 1.73. The molecular weight excluding hydrogens is 393 g/mol. The third kappa shape index (κ3) is 3.08. The van der Waals surface area contributed by atoms with Gasteiger partial charge in [0.1, 0.15) is 6.33 Å². The summed E-state index contributed by atoms with van der Waals surface area (Å²) in [7, 11) is 2.09. The fourth-order valence-corrected chi connectivity index (χ4v) is 4.64. The molecular formula is C23H28FN7. The Hall–Kier alpha value is -3.00. The highest BCUT2D eigenvalue weighted by atomic mass is 19.1. The average molecular weight is 422 g/mol. The number of rotatable bonds is 3. The van der Waals surface area contributed by atoms with Gasteiger partial charge >= 0.3 is 0 Å². The topological polar surface area (TPSA) is 65.4 Å². The van der Waals surface area contributed by atoms with Gasteiger partial charge < -0.3 is 14.8 Å². The Morgan fingerprint density at radius 3 is 2.52 bits per heavy atom. The standard InChI is InChI=1S/C23H28FN7/c1-13(2)18-19-17(10-25-23(20(19)24)30-8-6-29(5)7-9-30)28-21(18)16-11-31-22(26-12-27-31)15(4)14(16)3/h10-13,28H,6-9H2,1-5H3. The van der Waals surface area contributed by atoms with Crippen LogP contribution in [-0.2, 0) is 0 Å². The number of fused-ring (bicyclic) bond motifs is 2. The maximum atomic E-state index is 15.9. The number of nitrogens with one attached hydrogen (secondary N) is 1. The molecule has 31 heavy (non-hydrogen) atoms. The van der Waals surface area contributed by atoms with E-state index in [-0.39, 0.29) is 11.7 Å². The summed E-state index contributed by atoms with van der Waals surface area (Å²) in [6.45, 7) is 11.7. The molecule has 1 aliphatic rings. The quantitative estimate of drug-likeness (QED) is 0.543. The molecule has 0 aliphatic carbocycles. The fraction of sp³-hybridized carbons (Fsp3) is 0.435. The number of likely N-dealkylation sites (N-methyl/N-ethyl adjacent to an activating group) is 1. The highest BCUT2D eigenvalue weighted by molar-refractivity contribution is 5.94. The lowest BCUT2D eigenvalue weighted by atomic mass is 9.94. The highest BCUT2D eigenvalue weighted by Gasteiger charge is 2.26. The minimum Gasteiger partial charge on any atom is -0.353 e. The van der Waals surface area contributed by atoms with E-state index in [1.165, 1.54) is 0 Å². The first kappa shape index (κ1) is 19.9. The SMILES string of the molecule is Cc1c(-c2[nH]c3cnc(N4CCN(C)CC4)c(F)c3c2C(C)C)cn2ncnc2c1C. The van der Waals surface area contributed by atoms with Crippen LogP contribution in [0.4, 0.5) is 10.2 Å². The van der Waals surface area contributed by atoms with Crippen molar-refractivity contribution in [3.8, 4) is 11.3 Å². The van der Waals surface area contributed by atoms with Crippen molar-refractivity contribution in [1.29, 1.82) is 0 Å². The van der Waals surface area contributed by atoms with E-state index in [1.54, 1.807) is 17.0 Å². The van der Waals surface area contributed by atoms with E-state index >= 15 is 4.39 Å². The Morgan fingerprint density at radius 2 is 1.81 bits per heavy atom. The van der Waals surface area contributed by atoms with Crippen molar-refractivity contribution in [2.45, 2.75) is 33.6 Å². The van der Waals surface area contributed by atoms with Gasteiger partial charge in [-0.1, -0.05) is 13.8 Å². The van der Waals surface area contributed by atoms with Gasteiger partial charge in [-0.15, -0.1) is 0 Å². The normalized spacial score (nSPS) is 15.6. The third-order valence-electron chi connectivity index (χ3n) is 6.58.